The Morgan fingerprint density at radius 1 is 1.35 bits per heavy atom. The van der Waals surface area contributed by atoms with Gasteiger partial charge in [0, 0.05) is 10.9 Å². The van der Waals surface area contributed by atoms with Crippen molar-refractivity contribution in [3.63, 3.8) is 0 Å². The predicted molar refractivity (Wildman–Crippen MR) is 70.3 cm³/mol. The van der Waals surface area contributed by atoms with Crippen LogP contribution < -0.4 is 10.5 Å². The number of hydrogen-bond donors (Lipinski definition) is 1. The summed E-state index contributed by atoms with van der Waals surface area (Å²) in [5.74, 6) is 0.950. The summed E-state index contributed by atoms with van der Waals surface area (Å²) in [7, 11) is 0. The summed E-state index contributed by atoms with van der Waals surface area (Å²) in [6.07, 6.45) is 2.14. The third kappa shape index (κ3) is 2.21. The van der Waals surface area contributed by atoms with Gasteiger partial charge in [0.2, 0.25) is 0 Å². The summed E-state index contributed by atoms with van der Waals surface area (Å²) in [6.45, 7) is 0.655. The molecule has 17 heavy (non-hydrogen) atoms. The van der Waals surface area contributed by atoms with Crippen LogP contribution in [-0.4, -0.2) is 0 Å². The smallest absolute Gasteiger partial charge is 0.122 e. The first-order valence-corrected chi connectivity index (χ1v) is 6.74. The largest absolute Gasteiger partial charge is 0.488 e. The molecule has 2 N–H and O–H groups in total. The van der Waals surface area contributed by atoms with E-state index in [2.05, 4.69) is 23.6 Å². The molecule has 0 aliphatic heterocycles. The Hall–Kier alpha value is -1.32. The molecule has 88 valence electrons. The molecule has 1 aromatic carbocycles. The van der Waals surface area contributed by atoms with Crippen LogP contribution >= 0.6 is 11.3 Å². The minimum absolute atomic E-state index is 0.219. The molecule has 1 aliphatic carbocycles. The third-order valence-electron chi connectivity index (χ3n) is 3.20. The van der Waals surface area contributed by atoms with Crippen molar-refractivity contribution in [3.05, 3.63) is 51.7 Å². The molecule has 0 spiro atoms. The topological polar surface area (TPSA) is 35.2 Å². The lowest BCUT2D eigenvalue weighted by Crippen LogP contribution is -2.04. The minimum atomic E-state index is 0.219. The van der Waals surface area contributed by atoms with Gasteiger partial charge in [-0.2, -0.15) is 0 Å². The number of benzene rings is 1. The SMILES string of the molecule is NC1CCc2cc(OCc3cccs3)ccc21. The Kier molecular flexibility index (Phi) is 2.87. The molecule has 3 rings (SSSR count). The Balaban J connectivity index is 1.72. The van der Waals surface area contributed by atoms with Gasteiger partial charge in [-0.3, -0.25) is 0 Å². The zero-order valence-corrected chi connectivity index (χ0v) is 10.4. The van der Waals surface area contributed by atoms with E-state index in [0.717, 1.165) is 18.6 Å². The number of thiophene rings is 1. The fraction of sp³-hybridized carbons (Fsp3) is 0.286. The van der Waals surface area contributed by atoms with Gasteiger partial charge in [-0.15, -0.1) is 11.3 Å². The fourth-order valence-corrected chi connectivity index (χ4v) is 2.88. The molecule has 1 aliphatic rings. The lowest BCUT2D eigenvalue weighted by atomic mass is 10.1. The van der Waals surface area contributed by atoms with Crippen LogP contribution in [0.25, 0.3) is 0 Å². The van der Waals surface area contributed by atoms with Gasteiger partial charge in [0.05, 0.1) is 0 Å². The van der Waals surface area contributed by atoms with E-state index in [1.807, 2.05) is 12.1 Å². The molecule has 2 aromatic rings. The average molecular weight is 245 g/mol. The van der Waals surface area contributed by atoms with E-state index in [4.69, 9.17) is 10.5 Å². The zero-order chi connectivity index (χ0) is 11.7. The molecule has 3 heteroatoms. The van der Waals surface area contributed by atoms with Crippen molar-refractivity contribution in [3.8, 4) is 5.75 Å². The third-order valence-corrected chi connectivity index (χ3v) is 4.05. The van der Waals surface area contributed by atoms with Gasteiger partial charge in [0.15, 0.2) is 0 Å². The Bertz CT molecular complexity index is 507. The predicted octanol–water partition coefficient (Wildman–Crippen LogP) is 3.27. The molecule has 0 amide bonds. The maximum absolute atomic E-state index is 6.01. The van der Waals surface area contributed by atoms with Gasteiger partial charge >= 0.3 is 0 Å². The van der Waals surface area contributed by atoms with Crippen LogP contribution in [0, 0.1) is 0 Å². The fourth-order valence-electron chi connectivity index (χ4n) is 2.27. The van der Waals surface area contributed by atoms with Crippen LogP contribution in [0.4, 0.5) is 0 Å². The van der Waals surface area contributed by atoms with Gasteiger partial charge in [0.1, 0.15) is 12.4 Å². The Morgan fingerprint density at radius 3 is 3.12 bits per heavy atom. The van der Waals surface area contributed by atoms with Crippen LogP contribution in [0.2, 0.25) is 0 Å². The highest BCUT2D eigenvalue weighted by molar-refractivity contribution is 7.09. The quantitative estimate of drug-likeness (QED) is 0.900. The average Bonchev–Trinajstić information content (AvgIpc) is 2.97. The van der Waals surface area contributed by atoms with Gasteiger partial charge in [-0.1, -0.05) is 12.1 Å². The number of rotatable bonds is 3. The second-order valence-electron chi connectivity index (χ2n) is 4.37. The summed E-state index contributed by atoms with van der Waals surface area (Å²) in [5.41, 5.74) is 8.64. The number of ether oxygens (including phenoxy) is 1. The van der Waals surface area contributed by atoms with Gasteiger partial charge in [-0.25, -0.2) is 0 Å². The van der Waals surface area contributed by atoms with Crippen LogP contribution in [0.1, 0.15) is 28.5 Å². The number of aryl methyl sites for hydroxylation is 1. The van der Waals surface area contributed by atoms with Crippen molar-refractivity contribution in [2.24, 2.45) is 5.73 Å². The molecule has 0 radical (unpaired) electrons. The molecule has 0 saturated carbocycles. The second-order valence-corrected chi connectivity index (χ2v) is 5.41. The summed E-state index contributed by atoms with van der Waals surface area (Å²) < 4.78 is 5.78. The minimum Gasteiger partial charge on any atom is -0.488 e. The van der Waals surface area contributed by atoms with E-state index in [9.17, 15) is 0 Å². The molecule has 0 fully saturated rings. The Morgan fingerprint density at radius 2 is 2.29 bits per heavy atom. The molecular weight excluding hydrogens is 230 g/mol. The van der Waals surface area contributed by atoms with E-state index >= 15 is 0 Å². The summed E-state index contributed by atoms with van der Waals surface area (Å²) in [5, 5.41) is 2.07. The lowest BCUT2D eigenvalue weighted by molar-refractivity contribution is 0.309. The molecule has 1 atom stereocenters. The van der Waals surface area contributed by atoms with Crippen LogP contribution in [-0.2, 0) is 13.0 Å². The standard InChI is InChI=1S/C14H15NOS/c15-14-6-3-10-8-11(4-5-13(10)14)16-9-12-2-1-7-17-12/h1-2,4-5,7-8,14H,3,6,9,15H2. The number of hydrogen-bond acceptors (Lipinski definition) is 3. The molecule has 0 bridgehead atoms. The monoisotopic (exact) mass is 245 g/mol. The summed E-state index contributed by atoms with van der Waals surface area (Å²) in [6, 6.07) is 10.6. The van der Waals surface area contributed by atoms with E-state index in [-0.39, 0.29) is 6.04 Å². The first kappa shape index (κ1) is 10.8. The highest BCUT2D eigenvalue weighted by Crippen LogP contribution is 2.32. The van der Waals surface area contributed by atoms with Gasteiger partial charge < -0.3 is 10.5 Å². The van der Waals surface area contributed by atoms with Crippen LogP contribution in [0.15, 0.2) is 35.7 Å². The van der Waals surface area contributed by atoms with Crippen molar-refractivity contribution in [1.82, 2.24) is 0 Å². The van der Waals surface area contributed by atoms with Crippen molar-refractivity contribution < 1.29 is 4.74 Å². The molecule has 2 nitrogen and oxygen atoms in total. The van der Waals surface area contributed by atoms with Crippen molar-refractivity contribution in [2.75, 3.05) is 0 Å². The number of nitrogens with two attached hydrogens (primary N) is 1. The molecule has 1 unspecified atom stereocenters. The first-order valence-electron chi connectivity index (χ1n) is 5.86. The zero-order valence-electron chi connectivity index (χ0n) is 9.56. The van der Waals surface area contributed by atoms with E-state index in [1.165, 1.54) is 16.0 Å². The number of fused-ring (bicyclic) bond motifs is 1. The van der Waals surface area contributed by atoms with Crippen LogP contribution in [0.3, 0.4) is 0 Å². The maximum Gasteiger partial charge on any atom is 0.122 e. The molecule has 1 heterocycles. The van der Waals surface area contributed by atoms with Crippen molar-refractivity contribution in [2.45, 2.75) is 25.5 Å². The normalized spacial score (nSPS) is 18.1. The molecule has 0 saturated heterocycles. The van der Waals surface area contributed by atoms with E-state index < -0.39 is 0 Å². The highest BCUT2D eigenvalue weighted by Gasteiger charge is 2.18. The van der Waals surface area contributed by atoms with Crippen LogP contribution in [0.5, 0.6) is 5.75 Å². The second kappa shape index (κ2) is 4.51. The van der Waals surface area contributed by atoms with Gasteiger partial charge in [-0.05, 0) is 47.5 Å². The van der Waals surface area contributed by atoms with E-state index in [1.54, 1.807) is 11.3 Å². The summed E-state index contributed by atoms with van der Waals surface area (Å²) in [4.78, 5) is 1.25. The molecule has 1 aromatic heterocycles. The highest BCUT2D eigenvalue weighted by atomic mass is 32.1. The van der Waals surface area contributed by atoms with Crippen molar-refractivity contribution >= 4 is 11.3 Å². The molecular formula is C14H15NOS. The Labute approximate surface area is 105 Å². The summed E-state index contributed by atoms with van der Waals surface area (Å²) >= 11 is 1.72. The van der Waals surface area contributed by atoms with Gasteiger partial charge in [0.25, 0.3) is 0 Å². The first-order chi connectivity index (χ1) is 8.33. The van der Waals surface area contributed by atoms with E-state index in [0.29, 0.717) is 6.61 Å². The lowest BCUT2D eigenvalue weighted by Gasteiger charge is -2.08. The maximum atomic E-state index is 6.01. The van der Waals surface area contributed by atoms with Crippen molar-refractivity contribution in [1.29, 1.82) is 0 Å².